The maximum absolute atomic E-state index is 11.8. The van der Waals surface area contributed by atoms with Gasteiger partial charge in [0.25, 0.3) is 0 Å². The second kappa shape index (κ2) is 11.9. The molecule has 0 aromatic heterocycles. The van der Waals surface area contributed by atoms with Gasteiger partial charge >= 0.3 is 35.5 Å². The van der Waals surface area contributed by atoms with Crippen LogP contribution in [0.2, 0.25) is 0 Å². The molecule has 5 rings (SSSR count). The average Bonchev–Trinajstić information content (AvgIpc) is 2.92. The van der Waals surface area contributed by atoms with Gasteiger partial charge in [0.2, 0.25) is 0 Å². The van der Waals surface area contributed by atoms with Gasteiger partial charge in [0.05, 0.1) is 17.1 Å². The molecule has 0 saturated heterocycles. The standard InChI is InChI=1S/C29H20N4O5.Na/c34-23-12-5-19-6-13-27(36)28(24(19)16-23)33-31-21-9-3-18(4-10-21)17-1-7-20(8-2-17)30-32-22-11-14-26(35)25(15-22)29(37)38;/h1-16,34-36H,(H,37,38);/q;+1/p-1. The monoisotopic (exact) mass is 526 g/mol. The number of carboxylic acids is 1. The molecule has 0 aliphatic rings. The third-order valence-electron chi connectivity index (χ3n) is 5.77. The Kier molecular flexibility index (Phi) is 8.36. The zero-order valence-corrected chi connectivity index (χ0v) is 22.7. The van der Waals surface area contributed by atoms with Gasteiger partial charge in [-0.1, -0.05) is 48.5 Å². The van der Waals surface area contributed by atoms with Gasteiger partial charge in [-0.05, 0) is 65.0 Å². The molecule has 0 aliphatic carbocycles. The van der Waals surface area contributed by atoms with Crippen molar-refractivity contribution in [1.29, 1.82) is 0 Å². The van der Waals surface area contributed by atoms with Gasteiger partial charge in [-0.2, -0.15) is 15.3 Å². The summed E-state index contributed by atoms with van der Waals surface area (Å²) in [5, 5.41) is 58.6. The Hall–Kier alpha value is -4.57. The SMILES string of the molecule is O=C(O)c1cc(N=Nc2ccc(-c3ccc(N=Nc4c(O)ccc5ccc([O-])cc45)cc3)cc2)ccc1O.[Na+]. The van der Waals surface area contributed by atoms with Crippen molar-refractivity contribution in [2.24, 2.45) is 20.5 Å². The van der Waals surface area contributed by atoms with Crippen LogP contribution in [0.3, 0.4) is 0 Å². The molecule has 3 N–H and O–H groups in total. The fourth-order valence-corrected chi connectivity index (χ4v) is 3.80. The van der Waals surface area contributed by atoms with Crippen LogP contribution in [0.15, 0.2) is 118 Å². The van der Waals surface area contributed by atoms with Crippen LogP contribution >= 0.6 is 0 Å². The van der Waals surface area contributed by atoms with E-state index in [0.29, 0.717) is 22.4 Å². The Morgan fingerprint density at radius 3 is 1.74 bits per heavy atom. The van der Waals surface area contributed by atoms with Gasteiger partial charge in [-0.15, -0.1) is 10.9 Å². The maximum atomic E-state index is 11.8. The third-order valence-corrected chi connectivity index (χ3v) is 5.77. The first kappa shape index (κ1) is 27.5. The quantitative estimate of drug-likeness (QED) is 0.220. The van der Waals surface area contributed by atoms with E-state index in [4.69, 9.17) is 5.11 Å². The molecule has 39 heavy (non-hydrogen) atoms. The van der Waals surface area contributed by atoms with Crippen LogP contribution in [0.4, 0.5) is 22.7 Å². The van der Waals surface area contributed by atoms with Crippen molar-refractivity contribution in [1.82, 2.24) is 0 Å². The second-order valence-electron chi connectivity index (χ2n) is 8.32. The van der Waals surface area contributed by atoms with Gasteiger partial charge in [0.15, 0.2) is 0 Å². The smallest absolute Gasteiger partial charge is 0.872 e. The molecule has 0 heterocycles. The van der Waals surface area contributed by atoms with Gasteiger partial charge in [0, 0.05) is 5.39 Å². The number of aromatic carboxylic acids is 1. The molecule has 10 heteroatoms. The molecule has 5 aromatic carbocycles. The number of carboxylic acid groups (broad SMARTS) is 1. The van der Waals surface area contributed by atoms with E-state index in [1.165, 1.54) is 36.4 Å². The molecule has 0 spiro atoms. The van der Waals surface area contributed by atoms with Crippen molar-refractivity contribution < 1.29 is 54.8 Å². The Bertz CT molecular complexity index is 1710. The zero-order valence-electron chi connectivity index (χ0n) is 20.7. The van der Waals surface area contributed by atoms with E-state index in [9.17, 15) is 20.1 Å². The van der Waals surface area contributed by atoms with Crippen molar-refractivity contribution in [2.75, 3.05) is 0 Å². The molecule has 0 atom stereocenters. The molecule has 0 saturated carbocycles. The van der Waals surface area contributed by atoms with E-state index in [-0.39, 0.29) is 58.1 Å². The number of carbonyl (C=O) groups is 1. The van der Waals surface area contributed by atoms with Crippen molar-refractivity contribution >= 4 is 39.5 Å². The van der Waals surface area contributed by atoms with Gasteiger partial charge in [-0.3, -0.25) is 0 Å². The van der Waals surface area contributed by atoms with E-state index in [1.807, 2.05) is 24.3 Å². The van der Waals surface area contributed by atoms with Crippen LogP contribution in [0.25, 0.3) is 21.9 Å². The number of fused-ring (bicyclic) bond motifs is 1. The van der Waals surface area contributed by atoms with Crippen molar-refractivity contribution in [3.63, 3.8) is 0 Å². The van der Waals surface area contributed by atoms with Crippen LogP contribution in [0, 0.1) is 0 Å². The maximum Gasteiger partial charge on any atom is 1.00 e. The molecular weight excluding hydrogens is 507 g/mol. The van der Waals surface area contributed by atoms with E-state index in [1.54, 1.807) is 36.4 Å². The summed E-state index contributed by atoms with van der Waals surface area (Å²) in [5.41, 5.74) is 3.30. The fraction of sp³-hybridized carbons (Fsp3) is 0. The summed E-state index contributed by atoms with van der Waals surface area (Å²) in [6.07, 6.45) is 0. The Morgan fingerprint density at radius 2 is 1.13 bits per heavy atom. The third kappa shape index (κ3) is 6.29. The summed E-state index contributed by atoms with van der Waals surface area (Å²) in [7, 11) is 0. The summed E-state index contributed by atoms with van der Waals surface area (Å²) in [6.45, 7) is 0. The van der Waals surface area contributed by atoms with E-state index in [0.717, 1.165) is 16.5 Å². The summed E-state index contributed by atoms with van der Waals surface area (Å²) >= 11 is 0. The predicted molar refractivity (Wildman–Crippen MR) is 140 cm³/mol. The predicted octanol–water partition coefficient (Wildman–Crippen LogP) is 4.52. The topological polar surface area (TPSA) is 150 Å². The summed E-state index contributed by atoms with van der Waals surface area (Å²) in [4.78, 5) is 11.2. The molecule has 0 radical (unpaired) electrons. The molecule has 9 nitrogen and oxygen atoms in total. The van der Waals surface area contributed by atoms with Crippen LogP contribution in [0.5, 0.6) is 17.2 Å². The van der Waals surface area contributed by atoms with Crippen LogP contribution in [-0.2, 0) is 0 Å². The molecule has 0 bridgehead atoms. The average molecular weight is 526 g/mol. The minimum absolute atomic E-state index is 0. The number of aromatic hydroxyl groups is 2. The number of rotatable bonds is 6. The number of benzene rings is 5. The van der Waals surface area contributed by atoms with E-state index < -0.39 is 5.97 Å². The molecule has 186 valence electrons. The first-order valence-electron chi connectivity index (χ1n) is 11.4. The van der Waals surface area contributed by atoms with Gasteiger partial charge < -0.3 is 20.4 Å². The normalized spacial score (nSPS) is 11.2. The molecule has 5 aromatic rings. The number of hydrogen-bond acceptors (Lipinski definition) is 8. The molecule has 0 aliphatic heterocycles. The summed E-state index contributed by atoms with van der Waals surface area (Å²) in [5.74, 6) is -1.82. The molecule has 0 unspecified atom stereocenters. The largest absolute Gasteiger partial charge is 1.00 e. The minimum atomic E-state index is -1.25. The van der Waals surface area contributed by atoms with Gasteiger partial charge in [-0.25, -0.2) is 4.79 Å². The number of phenolic OH excluding ortho intramolecular Hbond substituents is 1. The molecule has 0 fully saturated rings. The number of phenols is 2. The Labute approximate surface area is 244 Å². The van der Waals surface area contributed by atoms with Crippen molar-refractivity contribution in [3.05, 3.63) is 103 Å². The van der Waals surface area contributed by atoms with Crippen LogP contribution in [-0.4, -0.2) is 21.3 Å². The Morgan fingerprint density at radius 1 is 0.615 bits per heavy atom. The van der Waals surface area contributed by atoms with E-state index in [2.05, 4.69) is 20.5 Å². The second-order valence-corrected chi connectivity index (χ2v) is 8.32. The first-order chi connectivity index (χ1) is 18.4. The van der Waals surface area contributed by atoms with Gasteiger partial charge in [0.1, 0.15) is 22.7 Å². The summed E-state index contributed by atoms with van der Waals surface area (Å²) < 4.78 is 0. The van der Waals surface area contributed by atoms with Crippen LogP contribution in [0.1, 0.15) is 10.4 Å². The number of nitrogens with zero attached hydrogens (tertiary/aromatic N) is 4. The minimum Gasteiger partial charge on any atom is -0.872 e. The molecular formula is C29H19N4NaO5. The first-order valence-corrected chi connectivity index (χ1v) is 11.4. The summed E-state index contributed by atoms with van der Waals surface area (Å²) in [6, 6.07) is 26.4. The van der Waals surface area contributed by atoms with Crippen LogP contribution < -0.4 is 34.7 Å². The number of azo groups is 2. The Balaban J connectivity index is 0.00000353. The van der Waals surface area contributed by atoms with Crippen molar-refractivity contribution in [2.45, 2.75) is 0 Å². The van der Waals surface area contributed by atoms with E-state index >= 15 is 0 Å². The number of hydrogen-bond donors (Lipinski definition) is 3. The fourth-order valence-electron chi connectivity index (χ4n) is 3.80. The molecule has 0 amide bonds. The van der Waals surface area contributed by atoms with Crippen molar-refractivity contribution in [3.8, 4) is 28.4 Å². The zero-order chi connectivity index (χ0) is 26.6.